The number of hydrogen-bond acceptors (Lipinski definition) is 5. The molecule has 1 saturated heterocycles. The van der Waals surface area contributed by atoms with Gasteiger partial charge >= 0.3 is 0 Å². The molecule has 7 nitrogen and oxygen atoms in total. The second-order valence-corrected chi connectivity index (χ2v) is 5.06. The van der Waals surface area contributed by atoms with Gasteiger partial charge in [0.15, 0.2) is 5.96 Å². The molecule has 1 aromatic heterocycles. The molecule has 0 saturated carbocycles. The summed E-state index contributed by atoms with van der Waals surface area (Å²) in [6.45, 7) is 9.90. The fourth-order valence-corrected chi connectivity index (χ4v) is 2.15. The molecule has 0 amide bonds. The van der Waals surface area contributed by atoms with E-state index in [1.165, 1.54) is 0 Å². The molecule has 1 aliphatic heterocycles. The lowest BCUT2D eigenvalue weighted by Crippen LogP contribution is -2.44. The summed E-state index contributed by atoms with van der Waals surface area (Å²) in [6.07, 6.45) is 0. The van der Waals surface area contributed by atoms with Gasteiger partial charge in [0, 0.05) is 33.2 Å². The number of oxazole rings is 1. The van der Waals surface area contributed by atoms with E-state index in [2.05, 4.69) is 25.5 Å². The maximum Gasteiger partial charge on any atom is 0.214 e. The second-order valence-electron chi connectivity index (χ2n) is 5.06. The van der Waals surface area contributed by atoms with Crippen LogP contribution in [0.5, 0.6) is 0 Å². The van der Waals surface area contributed by atoms with Gasteiger partial charge in [-0.05, 0) is 13.8 Å². The number of nitrogens with one attached hydrogen (secondary N) is 2. The van der Waals surface area contributed by atoms with Gasteiger partial charge in [0.1, 0.15) is 5.76 Å². The lowest BCUT2D eigenvalue weighted by molar-refractivity contribution is 0.0389. The number of aryl methyl sites for hydroxylation is 2. The van der Waals surface area contributed by atoms with E-state index in [1.54, 1.807) is 7.05 Å². The molecular formula is C14H25N5O2. The molecule has 1 aromatic rings. The van der Waals surface area contributed by atoms with E-state index >= 15 is 0 Å². The van der Waals surface area contributed by atoms with Crippen LogP contribution in [-0.2, 0) is 11.3 Å². The number of rotatable bonds is 5. The third-order valence-electron chi connectivity index (χ3n) is 3.53. The van der Waals surface area contributed by atoms with Gasteiger partial charge in [-0.25, -0.2) is 4.98 Å². The predicted molar refractivity (Wildman–Crippen MR) is 81.4 cm³/mol. The van der Waals surface area contributed by atoms with Crippen LogP contribution in [0.2, 0.25) is 0 Å². The Morgan fingerprint density at radius 1 is 1.29 bits per heavy atom. The molecule has 0 aliphatic carbocycles. The van der Waals surface area contributed by atoms with Crippen molar-refractivity contribution in [3.05, 3.63) is 17.3 Å². The highest BCUT2D eigenvalue weighted by molar-refractivity contribution is 5.79. The first kappa shape index (κ1) is 15.8. The van der Waals surface area contributed by atoms with Crippen molar-refractivity contribution in [3.63, 3.8) is 0 Å². The zero-order valence-electron chi connectivity index (χ0n) is 13.1. The second kappa shape index (κ2) is 7.99. The van der Waals surface area contributed by atoms with Crippen LogP contribution in [0.15, 0.2) is 9.41 Å². The van der Waals surface area contributed by atoms with Crippen LogP contribution in [0.25, 0.3) is 0 Å². The third kappa shape index (κ3) is 5.02. The minimum Gasteiger partial charge on any atom is -0.444 e. The standard InChI is InChI=1S/C14H25N5O2/c1-11-12(2)21-13(18-11)10-17-14(15-3)16-4-5-19-6-8-20-9-7-19/h4-10H2,1-3H3,(H2,15,16,17). The predicted octanol–water partition coefficient (Wildman–Crippen LogP) is 0.289. The van der Waals surface area contributed by atoms with E-state index in [0.717, 1.165) is 56.8 Å². The van der Waals surface area contributed by atoms with Gasteiger partial charge in [-0.2, -0.15) is 0 Å². The zero-order valence-corrected chi connectivity index (χ0v) is 13.1. The van der Waals surface area contributed by atoms with Crippen molar-refractivity contribution in [2.75, 3.05) is 46.4 Å². The lowest BCUT2D eigenvalue weighted by atomic mass is 10.4. The molecule has 1 aliphatic rings. The smallest absolute Gasteiger partial charge is 0.214 e. The zero-order chi connectivity index (χ0) is 15.1. The van der Waals surface area contributed by atoms with Gasteiger partial charge in [-0.1, -0.05) is 0 Å². The summed E-state index contributed by atoms with van der Waals surface area (Å²) < 4.78 is 10.9. The molecule has 2 heterocycles. The van der Waals surface area contributed by atoms with Crippen LogP contribution >= 0.6 is 0 Å². The number of morpholine rings is 1. The Morgan fingerprint density at radius 2 is 2.05 bits per heavy atom. The maximum absolute atomic E-state index is 5.53. The molecule has 0 radical (unpaired) electrons. The summed E-state index contributed by atoms with van der Waals surface area (Å²) in [5, 5.41) is 6.50. The number of guanidine groups is 1. The molecule has 0 bridgehead atoms. The van der Waals surface area contributed by atoms with E-state index in [-0.39, 0.29) is 0 Å². The lowest BCUT2D eigenvalue weighted by Gasteiger charge is -2.26. The van der Waals surface area contributed by atoms with E-state index in [4.69, 9.17) is 9.15 Å². The first-order valence-electron chi connectivity index (χ1n) is 7.36. The van der Waals surface area contributed by atoms with Crippen molar-refractivity contribution in [3.8, 4) is 0 Å². The molecule has 0 aromatic carbocycles. The molecule has 21 heavy (non-hydrogen) atoms. The monoisotopic (exact) mass is 295 g/mol. The summed E-state index contributed by atoms with van der Waals surface area (Å²) in [4.78, 5) is 10.9. The Balaban J connectivity index is 1.68. The molecule has 0 spiro atoms. The van der Waals surface area contributed by atoms with E-state index in [9.17, 15) is 0 Å². The van der Waals surface area contributed by atoms with Gasteiger partial charge in [0.05, 0.1) is 25.5 Å². The summed E-state index contributed by atoms with van der Waals surface area (Å²) in [7, 11) is 1.76. The first-order valence-corrected chi connectivity index (χ1v) is 7.36. The number of hydrogen-bond donors (Lipinski definition) is 2. The third-order valence-corrected chi connectivity index (χ3v) is 3.53. The Kier molecular flexibility index (Phi) is 6.01. The van der Waals surface area contributed by atoms with E-state index < -0.39 is 0 Å². The molecule has 0 unspecified atom stereocenters. The van der Waals surface area contributed by atoms with Crippen LogP contribution in [0.3, 0.4) is 0 Å². The number of nitrogens with zero attached hydrogens (tertiary/aromatic N) is 3. The van der Waals surface area contributed by atoms with Gasteiger partial charge < -0.3 is 19.8 Å². The molecule has 1 fully saturated rings. The molecule has 2 N–H and O–H groups in total. The highest BCUT2D eigenvalue weighted by Crippen LogP contribution is 2.07. The summed E-state index contributed by atoms with van der Waals surface area (Å²) in [5.74, 6) is 2.31. The minimum absolute atomic E-state index is 0.534. The van der Waals surface area contributed by atoms with Crippen molar-refractivity contribution < 1.29 is 9.15 Å². The van der Waals surface area contributed by atoms with Crippen LogP contribution < -0.4 is 10.6 Å². The maximum atomic E-state index is 5.53. The highest BCUT2D eigenvalue weighted by atomic mass is 16.5. The van der Waals surface area contributed by atoms with Crippen LogP contribution in [0.4, 0.5) is 0 Å². The van der Waals surface area contributed by atoms with Crippen molar-refractivity contribution in [1.82, 2.24) is 20.5 Å². The Hall–Kier alpha value is -1.60. The van der Waals surface area contributed by atoms with Crippen LogP contribution in [-0.4, -0.2) is 62.3 Å². The van der Waals surface area contributed by atoms with Crippen LogP contribution in [0, 0.1) is 13.8 Å². The van der Waals surface area contributed by atoms with Crippen molar-refractivity contribution >= 4 is 5.96 Å². The summed E-state index contributed by atoms with van der Waals surface area (Å²) >= 11 is 0. The largest absolute Gasteiger partial charge is 0.444 e. The van der Waals surface area contributed by atoms with Gasteiger partial charge in [0.2, 0.25) is 5.89 Å². The van der Waals surface area contributed by atoms with Crippen molar-refractivity contribution in [2.24, 2.45) is 4.99 Å². The van der Waals surface area contributed by atoms with E-state index in [1.807, 2.05) is 13.8 Å². The van der Waals surface area contributed by atoms with Crippen LogP contribution in [0.1, 0.15) is 17.3 Å². The van der Waals surface area contributed by atoms with Gasteiger partial charge in [-0.15, -0.1) is 0 Å². The quantitative estimate of drug-likeness (QED) is 0.601. The summed E-state index contributed by atoms with van der Waals surface area (Å²) in [5.41, 5.74) is 0.932. The topological polar surface area (TPSA) is 74.9 Å². The Morgan fingerprint density at radius 3 is 2.67 bits per heavy atom. The van der Waals surface area contributed by atoms with Gasteiger partial charge in [-0.3, -0.25) is 9.89 Å². The molecular weight excluding hydrogens is 270 g/mol. The minimum atomic E-state index is 0.534. The number of ether oxygens (including phenoxy) is 1. The van der Waals surface area contributed by atoms with Crippen molar-refractivity contribution in [2.45, 2.75) is 20.4 Å². The highest BCUT2D eigenvalue weighted by Gasteiger charge is 2.10. The molecule has 7 heteroatoms. The average molecular weight is 295 g/mol. The Bertz CT molecular complexity index is 446. The fourth-order valence-electron chi connectivity index (χ4n) is 2.15. The summed E-state index contributed by atoms with van der Waals surface area (Å²) in [6, 6.07) is 0. The molecule has 118 valence electrons. The fraction of sp³-hybridized carbons (Fsp3) is 0.714. The normalized spacial score (nSPS) is 17.0. The molecule has 2 rings (SSSR count). The first-order chi connectivity index (χ1) is 10.2. The number of aliphatic imine (C=N–C) groups is 1. The van der Waals surface area contributed by atoms with Crippen molar-refractivity contribution in [1.29, 1.82) is 0 Å². The van der Waals surface area contributed by atoms with E-state index in [0.29, 0.717) is 12.4 Å². The average Bonchev–Trinajstić information content (AvgIpc) is 2.82. The van der Waals surface area contributed by atoms with Gasteiger partial charge in [0.25, 0.3) is 0 Å². The molecule has 0 atom stereocenters. The number of aromatic nitrogens is 1. The Labute approximate surface area is 125 Å². The SMILES string of the molecule is CN=C(NCCN1CCOCC1)NCc1nc(C)c(C)o1.